The van der Waals surface area contributed by atoms with Crippen LogP contribution in [0.3, 0.4) is 0 Å². The number of carbonyl (C=O) groups is 4. The minimum absolute atomic E-state index is 0.0147. The number of rotatable bonds is 10. The van der Waals surface area contributed by atoms with E-state index in [1.54, 1.807) is 45.0 Å². The van der Waals surface area contributed by atoms with Crippen molar-refractivity contribution in [1.29, 1.82) is 0 Å². The van der Waals surface area contributed by atoms with Gasteiger partial charge in [0, 0.05) is 29.3 Å². The number of ether oxygens (including phenoxy) is 2. The summed E-state index contributed by atoms with van der Waals surface area (Å²) in [6.07, 6.45) is 3.61. The van der Waals surface area contributed by atoms with Crippen LogP contribution >= 0.6 is 11.6 Å². The van der Waals surface area contributed by atoms with E-state index in [1.165, 1.54) is 11.0 Å². The maximum absolute atomic E-state index is 14.5. The zero-order chi connectivity index (χ0) is 35.4. The molecule has 2 saturated carbocycles. The number of hydrogen-bond acceptors (Lipinski definition) is 10. The molecule has 3 aliphatic heterocycles. The predicted octanol–water partition coefficient (Wildman–Crippen LogP) is 2.15. The molecule has 0 bridgehead atoms. The summed E-state index contributed by atoms with van der Waals surface area (Å²) in [5.41, 5.74) is 0.660. The molecule has 16 heteroatoms. The van der Waals surface area contributed by atoms with Gasteiger partial charge in [-0.1, -0.05) is 50.6 Å². The first-order chi connectivity index (χ1) is 23.1. The van der Waals surface area contributed by atoms with Crippen LogP contribution in [0.4, 0.5) is 4.79 Å². The summed E-state index contributed by atoms with van der Waals surface area (Å²) in [6, 6.07) is 4.78. The Morgan fingerprint density at radius 1 is 1.18 bits per heavy atom. The number of hydrogen-bond donors (Lipinski definition) is 4. The van der Waals surface area contributed by atoms with Gasteiger partial charge in [0.25, 0.3) is 5.91 Å². The Bertz CT molecular complexity index is 1690. The van der Waals surface area contributed by atoms with Crippen LogP contribution in [0, 0.1) is 11.3 Å². The van der Waals surface area contributed by atoms with E-state index < -0.39 is 79.7 Å². The van der Waals surface area contributed by atoms with E-state index in [4.69, 9.17) is 25.9 Å². The van der Waals surface area contributed by atoms with Crippen molar-refractivity contribution >= 4 is 51.1 Å². The Morgan fingerprint density at radius 3 is 2.55 bits per heavy atom. The van der Waals surface area contributed by atoms with Crippen molar-refractivity contribution in [2.45, 2.75) is 87.5 Å². The molecule has 3 heterocycles. The summed E-state index contributed by atoms with van der Waals surface area (Å²) in [5, 5.41) is 5.35. The lowest BCUT2D eigenvalue weighted by atomic mass is 9.85. The van der Waals surface area contributed by atoms with E-state index in [0.717, 1.165) is 5.56 Å². The Hall–Kier alpha value is -3.66. The van der Waals surface area contributed by atoms with Gasteiger partial charge in [-0.15, -0.1) is 6.58 Å². The second-order valence-electron chi connectivity index (χ2n) is 14.5. The molecular weight excluding hydrogens is 678 g/mol. The molecule has 1 aromatic rings. The van der Waals surface area contributed by atoms with Crippen LogP contribution in [0.25, 0.3) is 5.70 Å². The zero-order valence-electron chi connectivity index (χ0n) is 27.6. The quantitative estimate of drug-likeness (QED) is 0.262. The Balaban J connectivity index is 1.29. The number of sulfonamides is 1. The van der Waals surface area contributed by atoms with Gasteiger partial charge in [-0.25, -0.2) is 13.2 Å². The van der Waals surface area contributed by atoms with Crippen molar-refractivity contribution in [3.8, 4) is 0 Å². The minimum Gasteiger partial charge on any atom is -0.444 e. The third-order valence-electron chi connectivity index (χ3n) is 9.63. The van der Waals surface area contributed by atoms with Gasteiger partial charge in [0.15, 0.2) is 0 Å². The third-order valence-corrected chi connectivity index (χ3v) is 11.7. The molecule has 4 fully saturated rings. The predicted molar refractivity (Wildman–Crippen MR) is 178 cm³/mol. The first-order valence-electron chi connectivity index (χ1n) is 16.3. The second kappa shape index (κ2) is 12.9. The maximum Gasteiger partial charge on any atom is 0.408 e. The van der Waals surface area contributed by atoms with E-state index in [2.05, 4.69) is 27.4 Å². The summed E-state index contributed by atoms with van der Waals surface area (Å²) in [4.78, 5) is 62.6. The molecule has 2 saturated heterocycles. The van der Waals surface area contributed by atoms with Gasteiger partial charge in [-0.2, -0.15) is 0 Å². The van der Waals surface area contributed by atoms with Crippen molar-refractivity contribution < 1.29 is 41.9 Å². The van der Waals surface area contributed by atoms with Crippen LogP contribution in [0.1, 0.15) is 58.4 Å². The topological polar surface area (TPSA) is 181 Å². The van der Waals surface area contributed by atoms with Crippen molar-refractivity contribution in [3.05, 3.63) is 53.6 Å². The third kappa shape index (κ3) is 7.30. The number of nitrogens with one attached hydrogen (secondary N) is 4. The van der Waals surface area contributed by atoms with E-state index in [-0.39, 0.29) is 26.0 Å². The first-order valence-corrected chi connectivity index (χ1v) is 18.3. The first kappa shape index (κ1) is 35.2. The summed E-state index contributed by atoms with van der Waals surface area (Å²) in [5.74, 6) is -2.62. The number of alkyl carbamates (subject to hydrolysis) is 1. The highest BCUT2D eigenvalue weighted by molar-refractivity contribution is 7.91. The van der Waals surface area contributed by atoms with Crippen LogP contribution in [0.2, 0.25) is 5.02 Å². The molecular formula is C33H42ClN5O9S. The molecule has 266 valence electrons. The lowest BCUT2D eigenvalue weighted by Crippen LogP contribution is -2.60. The van der Waals surface area contributed by atoms with E-state index in [0.29, 0.717) is 36.6 Å². The molecule has 49 heavy (non-hydrogen) atoms. The van der Waals surface area contributed by atoms with Gasteiger partial charge in [0.2, 0.25) is 21.8 Å². The molecule has 5 aliphatic rings. The molecule has 2 aliphatic carbocycles. The van der Waals surface area contributed by atoms with Crippen LogP contribution in [0.15, 0.2) is 43.0 Å². The van der Waals surface area contributed by atoms with Gasteiger partial charge >= 0.3 is 6.09 Å². The number of amides is 4. The van der Waals surface area contributed by atoms with Crippen molar-refractivity contribution in [3.63, 3.8) is 0 Å². The largest absolute Gasteiger partial charge is 0.444 e. The van der Waals surface area contributed by atoms with Gasteiger partial charge in [-0.3, -0.25) is 29.4 Å². The minimum atomic E-state index is -3.90. The summed E-state index contributed by atoms with van der Waals surface area (Å²) in [6.45, 7) is 9.72. The molecule has 6 rings (SSSR count). The fraction of sp³-hybridized carbons (Fsp3) is 0.576. The van der Waals surface area contributed by atoms with Crippen molar-refractivity contribution in [1.82, 2.24) is 25.7 Å². The number of hydroxylamine groups is 1. The second-order valence-corrected chi connectivity index (χ2v) is 16.9. The molecule has 1 spiro atoms. The molecule has 0 aromatic heterocycles. The van der Waals surface area contributed by atoms with Crippen LogP contribution in [-0.2, 0) is 38.7 Å². The number of likely N-dealkylation sites (tertiary alicyclic amines) is 1. The Labute approximate surface area is 290 Å². The average Bonchev–Trinajstić information content (AvgIpc) is 3.86. The molecule has 4 N–H and O–H groups in total. The average molecular weight is 720 g/mol. The van der Waals surface area contributed by atoms with Crippen molar-refractivity contribution in [2.75, 3.05) is 19.8 Å². The van der Waals surface area contributed by atoms with Crippen LogP contribution in [0.5, 0.6) is 0 Å². The van der Waals surface area contributed by atoms with Crippen LogP contribution < -0.4 is 20.8 Å². The number of benzene rings is 1. The van der Waals surface area contributed by atoms with Gasteiger partial charge in [-0.05, 0) is 42.9 Å². The normalized spacial score (nSPS) is 29.8. The molecule has 4 amide bonds. The fourth-order valence-corrected chi connectivity index (χ4v) is 8.12. The lowest BCUT2D eigenvalue weighted by Gasteiger charge is -2.35. The fourth-order valence-electron chi connectivity index (χ4n) is 6.56. The lowest BCUT2D eigenvalue weighted by molar-refractivity contribution is -0.143. The highest BCUT2D eigenvalue weighted by atomic mass is 35.5. The molecule has 14 nitrogen and oxygen atoms in total. The standard InChI is InChI=1S/C33H42ClN5O9S/c1-5-20-14-33(20,29(42)38-49(44,45)23-9-10-23)36-27(40)25-16-32(15-24(37-48-32)19-7-6-8-21(34)13-19)18-39(25)28(41)26(31(2,3)4)35-30(43)47-22-11-12-46-17-22/h5-8,13,15,20,22-23,25-26,37H,1,9-12,14,16-18H2,2-4H3,(H,35,43)(H,36,40)(H,38,42)/t20-,22+,25+,26-,32-,33-/m1/s1. The monoisotopic (exact) mass is 719 g/mol. The number of nitrogens with zero attached hydrogens (tertiary/aromatic N) is 1. The Kier molecular flexibility index (Phi) is 9.26. The molecule has 1 aromatic carbocycles. The van der Waals surface area contributed by atoms with Crippen LogP contribution in [-0.4, -0.2) is 91.5 Å². The highest BCUT2D eigenvalue weighted by Crippen LogP contribution is 2.46. The van der Waals surface area contributed by atoms with E-state index in [9.17, 15) is 27.6 Å². The molecule has 6 atom stereocenters. The maximum atomic E-state index is 14.5. The summed E-state index contributed by atoms with van der Waals surface area (Å²) < 4.78 is 38.2. The van der Waals surface area contributed by atoms with Gasteiger partial charge in [0.05, 0.1) is 30.7 Å². The molecule has 0 unspecified atom stereocenters. The zero-order valence-corrected chi connectivity index (χ0v) is 29.2. The summed E-state index contributed by atoms with van der Waals surface area (Å²) >= 11 is 6.22. The van der Waals surface area contributed by atoms with Gasteiger partial charge in [0.1, 0.15) is 29.3 Å². The number of carbonyl (C=O) groups excluding carboxylic acids is 4. The van der Waals surface area contributed by atoms with Crippen molar-refractivity contribution in [2.24, 2.45) is 11.3 Å². The number of halogens is 1. The van der Waals surface area contributed by atoms with E-state index in [1.807, 2.05) is 6.07 Å². The van der Waals surface area contributed by atoms with E-state index >= 15 is 0 Å². The summed E-state index contributed by atoms with van der Waals surface area (Å²) in [7, 11) is -3.90. The molecule has 0 radical (unpaired) electrons. The van der Waals surface area contributed by atoms with Gasteiger partial charge < -0.3 is 25.0 Å². The Morgan fingerprint density at radius 2 is 1.94 bits per heavy atom. The SMILES string of the molecule is C=C[C@@H]1C[C@]1(NC(=O)[C@@H]1C[C@]2(C=C(c3cccc(Cl)c3)NO2)CN1C(=O)[C@@H](NC(=O)O[C@H]1CCOC1)C(C)(C)C)C(=O)NS(=O)(=O)C1CC1. The smallest absolute Gasteiger partial charge is 0.408 e. The highest BCUT2D eigenvalue weighted by Gasteiger charge is 2.63.